The van der Waals surface area contributed by atoms with Gasteiger partial charge in [-0.15, -0.1) is 10.2 Å². The summed E-state index contributed by atoms with van der Waals surface area (Å²) in [5, 5.41) is 11.1. The zero-order valence-electron chi connectivity index (χ0n) is 9.36. The van der Waals surface area contributed by atoms with Gasteiger partial charge in [-0.1, -0.05) is 12.8 Å². The number of carbonyl (C=O) groups excluding carboxylic acids is 1. The summed E-state index contributed by atoms with van der Waals surface area (Å²) in [5.41, 5.74) is 5.40. The van der Waals surface area contributed by atoms with Crippen molar-refractivity contribution in [2.24, 2.45) is 5.73 Å². The Labute approximate surface area is 94.4 Å². The molecule has 1 amide bonds. The predicted molar refractivity (Wildman–Crippen MR) is 61.0 cm³/mol. The molecule has 0 atom stereocenters. The minimum absolute atomic E-state index is 0.114. The van der Waals surface area contributed by atoms with Gasteiger partial charge in [-0.3, -0.25) is 4.79 Å². The second-order valence-corrected chi connectivity index (χ2v) is 4.56. The number of primary amides is 1. The number of hydrogen-bond donors (Lipinski definition) is 2. The number of nitrogens with zero attached hydrogens (tertiary/aromatic N) is 2. The Kier molecular flexibility index (Phi) is 2.77. The van der Waals surface area contributed by atoms with Gasteiger partial charge in [0, 0.05) is 5.54 Å². The molecule has 0 bridgehead atoms. The van der Waals surface area contributed by atoms with Gasteiger partial charge in [0.2, 0.25) is 0 Å². The number of anilines is 1. The first-order chi connectivity index (χ1) is 7.59. The maximum absolute atomic E-state index is 10.8. The van der Waals surface area contributed by atoms with E-state index in [1.54, 1.807) is 12.1 Å². The van der Waals surface area contributed by atoms with Crippen molar-refractivity contribution in [2.45, 2.75) is 38.1 Å². The van der Waals surface area contributed by atoms with Crippen molar-refractivity contribution in [2.75, 3.05) is 5.32 Å². The highest BCUT2D eigenvalue weighted by Gasteiger charge is 2.28. The van der Waals surface area contributed by atoms with Gasteiger partial charge >= 0.3 is 0 Å². The van der Waals surface area contributed by atoms with E-state index < -0.39 is 5.91 Å². The van der Waals surface area contributed by atoms with Crippen LogP contribution in [0.3, 0.4) is 0 Å². The van der Waals surface area contributed by atoms with Gasteiger partial charge in [0.15, 0.2) is 5.69 Å². The highest BCUT2D eigenvalue weighted by molar-refractivity contribution is 5.90. The van der Waals surface area contributed by atoms with Crippen molar-refractivity contribution in [1.82, 2.24) is 10.2 Å². The number of amides is 1. The number of aromatic nitrogens is 2. The first-order valence-electron chi connectivity index (χ1n) is 5.51. The monoisotopic (exact) mass is 220 g/mol. The Morgan fingerprint density at radius 2 is 2.06 bits per heavy atom. The molecule has 1 fully saturated rings. The van der Waals surface area contributed by atoms with Crippen molar-refractivity contribution in [3.8, 4) is 0 Å². The number of nitrogens with two attached hydrogens (primary N) is 1. The largest absolute Gasteiger partial charge is 0.364 e. The number of hydrogen-bond acceptors (Lipinski definition) is 4. The molecule has 0 spiro atoms. The fourth-order valence-corrected chi connectivity index (χ4v) is 2.12. The maximum atomic E-state index is 10.8. The molecular formula is C11H16N4O. The van der Waals surface area contributed by atoms with Crippen LogP contribution in [-0.2, 0) is 0 Å². The Hall–Kier alpha value is -1.65. The summed E-state index contributed by atoms with van der Waals surface area (Å²) in [5.74, 6) is 0.153. The normalized spacial score (nSPS) is 18.3. The fraction of sp³-hybridized carbons (Fsp3) is 0.545. The van der Waals surface area contributed by atoms with Gasteiger partial charge in [-0.25, -0.2) is 0 Å². The van der Waals surface area contributed by atoms with Gasteiger partial charge < -0.3 is 11.1 Å². The smallest absolute Gasteiger partial charge is 0.269 e. The highest BCUT2D eigenvalue weighted by Crippen LogP contribution is 2.31. The third kappa shape index (κ3) is 2.29. The SMILES string of the molecule is CC1(Nc2ccc(C(N)=O)nn2)CCCC1. The quantitative estimate of drug-likeness (QED) is 0.805. The molecule has 1 aliphatic carbocycles. The second kappa shape index (κ2) is 4.08. The van der Waals surface area contributed by atoms with E-state index in [-0.39, 0.29) is 11.2 Å². The van der Waals surface area contributed by atoms with E-state index >= 15 is 0 Å². The van der Waals surface area contributed by atoms with E-state index in [0.717, 1.165) is 12.8 Å². The molecule has 86 valence electrons. The van der Waals surface area contributed by atoms with Gasteiger partial charge in [0.25, 0.3) is 5.91 Å². The van der Waals surface area contributed by atoms with Gasteiger partial charge in [0.05, 0.1) is 0 Å². The summed E-state index contributed by atoms with van der Waals surface area (Å²) in [6.45, 7) is 2.18. The van der Waals surface area contributed by atoms with E-state index in [4.69, 9.17) is 5.73 Å². The molecule has 0 radical (unpaired) electrons. The van der Waals surface area contributed by atoms with Crippen molar-refractivity contribution in [1.29, 1.82) is 0 Å². The highest BCUT2D eigenvalue weighted by atomic mass is 16.1. The molecule has 1 aromatic rings. The zero-order valence-corrected chi connectivity index (χ0v) is 9.36. The van der Waals surface area contributed by atoms with Crippen molar-refractivity contribution < 1.29 is 4.79 Å². The van der Waals surface area contributed by atoms with E-state index in [9.17, 15) is 4.79 Å². The molecule has 0 saturated heterocycles. The number of rotatable bonds is 3. The van der Waals surface area contributed by atoms with Crippen LogP contribution in [0.2, 0.25) is 0 Å². The topological polar surface area (TPSA) is 80.9 Å². The van der Waals surface area contributed by atoms with Crippen LogP contribution in [0.15, 0.2) is 12.1 Å². The molecule has 1 aromatic heterocycles. The third-order valence-electron chi connectivity index (χ3n) is 3.05. The molecule has 3 N–H and O–H groups in total. The molecule has 5 nitrogen and oxygen atoms in total. The van der Waals surface area contributed by atoms with Crippen LogP contribution in [0, 0.1) is 0 Å². The van der Waals surface area contributed by atoms with Gasteiger partial charge in [-0.05, 0) is 31.9 Å². The molecule has 0 unspecified atom stereocenters. The molecule has 16 heavy (non-hydrogen) atoms. The lowest BCUT2D eigenvalue weighted by molar-refractivity contribution is 0.0994. The van der Waals surface area contributed by atoms with Crippen LogP contribution in [0.5, 0.6) is 0 Å². The lowest BCUT2D eigenvalue weighted by atomic mass is 10.0. The van der Waals surface area contributed by atoms with E-state index in [2.05, 4.69) is 22.4 Å². The van der Waals surface area contributed by atoms with Crippen LogP contribution >= 0.6 is 0 Å². The Morgan fingerprint density at radius 1 is 1.38 bits per heavy atom. The Balaban J connectivity index is 2.07. The van der Waals surface area contributed by atoms with Crippen molar-refractivity contribution in [3.63, 3.8) is 0 Å². The number of carbonyl (C=O) groups is 1. The van der Waals surface area contributed by atoms with Crippen LogP contribution in [0.1, 0.15) is 43.1 Å². The molecule has 1 saturated carbocycles. The maximum Gasteiger partial charge on any atom is 0.269 e. The summed E-state index contributed by atoms with van der Waals surface area (Å²) in [6.07, 6.45) is 4.78. The van der Waals surface area contributed by atoms with E-state index in [0.29, 0.717) is 5.82 Å². The predicted octanol–water partition coefficient (Wildman–Crippen LogP) is 1.32. The Bertz CT molecular complexity index is 381. The molecule has 0 aliphatic heterocycles. The average molecular weight is 220 g/mol. The van der Waals surface area contributed by atoms with Gasteiger partial charge in [-0.2, -0.15) is 0 Å². The summed E-state index contributed by atoms with van der Waals surface area (Å²) in [6, 6.07) is 3.34. The first kappa shape index (κ1) is 10.9. The molecule has 5 heteroatoms. The summed E-state index contributed by atoms with van der Waals surface area (Å²) in [4.78, 5) is 10.8. The summed E-state index contributed by atoms with van der Waals surface area (Å²) >= 11 is 0. The molecule has 2 rings (SSSR count). The van der Waals surface area contributed by atoms with Crippen LogP contribution in [0.4, 0.5) is 5.82 Å². The minimum atomic E-state index is -0.550. The number of nitrogens with one attached hydrogen (secondary N) is 1. The molecule has 1 heterocycles. The lowest BCUT2D eigenvalue weighted by Crippen LogP contribution is -2.31. The van der Waals surface area contributed by atoms with Crippen molar-refractivity contribution in [3.05, 3.63) is 17.8 Å². The zero-order chi connectivity index (χ0) is 11.6. The molecular weight excluding hydrogens is 204 g/mol. The summed E-state index contributed by atoms with van der Waals surface area (Å²) < 4.78 is 0. The lowest BCUT2D eigenvalue weighted by Gasteiger charge is -2.25. The molecule has 1 aliphatic rings. The Morgan fingerprint density at radius 3 is 2.56 bits per heavy atom. The standard InChI is InChI=1S/C11H16N4O/c1-11(6-2-3-7-11)13-9-5-4-8(10(12)16)14-15-9/h4-5H,2-3,6-7H2,1H3,(H2,12,16)(H,13,15). The second-order valence-electron chi connectivity index (χ2n) is 4.56. The van der Waals surface area contributed by atoms with E-state index in [1.807, 2.05) is 0 Å². The fourth-order valence-electron chi connectivity index (χ4n) is 2.12. The van der Waals surface area contributed by atoms with Crippen LogP contribution in [0.25, 0.3) is 0 Å². The summed E-state index contributed by atoms with van der Waals surface area (Å²) in [7, 11) is 0. The molecule has 0 aromatic carbocycles. The average Bonchev–Trinajstić information content (AvgIpc) is 2.65. The first-order valence-corrected chi connectivity index (χ1v) is 5.51. The van der Waals surface area contributed by atoms with Crippen LogP contribution in [-0.4, -0.2) is 21.6 Å². The minimum Gasteiger partial charge on any atom is -0.364 e. The van der Waals surface area contributed by atoms with Crippen molar-refractivity contribution >= 4 is 11.7 Å². The van der Waals surface area contributed by atoms with Gasteiger partial charge in [0.1, 0.15) is 5.82 Å². The van der Waals surface area contributed by atoms with Crippen LogP contribution < -0.4 is 11.1 Å². The van der Waals surface area contributed by atoms with E-state index in [1.165, 1.54) is 12.8 Å². The third-order valence-corrected chi connectivity index (χ3v) is 3.05.